The van der Waals surface area contributed by atoms with Gasteiger partial charge in [0.05, 0.1) is 11.9 Å². The van der Waals surface area contributed by atoms with E-state index >= 15 is 0 Å². The van der Waals surface area contributed by atoms with Gasteiger partial charge in [-0.3, -0.25) is 0 Å². The molecular weight excluding hydrogens is 262 g/mol. The van der Waals surface area contributed by atoms with E-state index in [1.807, 2.05) is 0 Å². The third-order valence-electron chi connectivity index (χ3n) is 2.86. The second-order valence-electron chi connectivity index (χ2n) is 4.39. The molecule has 1 saturated heterocycles. The smallest absolute Gasteiger partial charge is 0.211 e. The van der Waals surface area contributed by atoms with E-state index in [0.717, 1.165) is 32.3 Å². The zero-order valence-corrected chi connectivity index (χ0v) is 11.7. The highest BCUT2D eigenvalue weighted by molar-refractivity contribution is 7.89. The summed E-state index contributed by atoms with van der Waals surface area (Å²) in [5.74, 6) is 0.691. The Morgan fingerprint density at radius 1 is 1.29 bits per heavy atom. The van der Waals surface area contributed by atoms with E-state index in [0.29, 0.717) is 18.8 Å². The van der Waals surface area contributed by atoms with Gasteiger partial charge < -0.3 is 4.74 Å². The summed E-state index contributed by atoms with van der Waals surface area (Å²) in [5.41, 5.74) is 0. The summed E-state index contributed by atoms with van der Waals surface area (Å²) in [6.07, 6.45) is 5.73. The first kappa shape index (κ1) is 15.2. The van der Waals surface area contributed by atoms with Crippen molar-refractivity contribution < 1.29 is 13.2 Å². The van der Waals surface area contributed by atoms with Crippen LogP contribution in [0.5, 0.6) is 0 Å². The molecule has 0 spiro atoms. The number of unbranched alkanes of at least 4 members (excludes halogenated alkanes) is 1. The minimum Gasteiger partial charge on any atom is -0.378 e. The van der Waals surface area contributed by atoms with Gasteiger partial charge in [0.15, 0.2) is 0 Å². The van der Waals surface area contributed by atoms with E-state index < -0.39 is 10.0 Å². The Labute approximate surface area is 109 Å². The van der Waals surface area contributed by atoms with Crippen molar-refractivity contribution in [2.45, 2.75) is 44.6 Å². The van der Waals surface area contributed by atoms with E-state index in [1.54, 1.807) is 0 Å². The van der Waals surface area contributed by atoms with Crippen LogP contribution in [0, 0.1) is 0 Å². The molecule has 1 unspecified atom stereocenters. The minimum atomic E-state index is -3.12. The van der Waals surface area contributed by atoms with Crippen LogP contribution in [-0.4, -0.2) is 39.3 Å². The predicted octanol–water partition coefficient (Wildman–Crippen LogP) is 1.88. The van der Waals surface area contributed by atoms with Crippen molar-refractivity contribution in [1.29, 1.82) is 0 Å². The Kier molecular flexibility index (Phi) is 7.43. The van der Waals surface area contributed by atoms with Gasteiger partial charge in [-0.05, 0) is 38.5 Å². The first-order valence-corrected chi connectivity index (χ1v) is 8.47. The Morgan fingerprint density at radius 3 is 2.76 bits per heavy atom. The lowest BCUT2D eigenvalue weighted by atomic mass is 10.1. The third-order valence-corrected chi connectivity index (χ3v) is 4.60. The molecule has 0 aliphatic carbocycles. The fraction of sp³-hybridized carbons (Fsp3) is 1.00. The first-order valence-electron chi connectivity index (χ1n) is 6.29. The molecule has 0 aromatic rings. The molecule has 17 heavy (non-hydrogen) atoms. The fourth-order valence-electron chi connectivity index (χ4n) is 1.87. The summed E-state index contributed by atoms with van der Waals surface area (Å²) >= 11 is 5.50. The van der Waals surface area contributed by atoms with Gasteiger partial charge in [0.2, 0.25) is 10.0 Å². The van der Waals surface area contributed by atoms with Crippen LogP contribution in [0.2, 0.25) is 0 Å². The largest absolute Gasteiger partial charge is 0.378 e. The van der Waals surface area contributed by atoms with Gasteiger partial charge in [-0.2, -0.15) is 0 Å². The lowest BCUT2D eigenvalue weighted by molar-refractivity contribution is 0.0123. The average molecular weight is 284 g/mol. The zero-order chi connectivity index (χ0) is 12.6. The molecule has 1 aliphatic rings. The molecule has 6 heteroatoms. The molecule has 0 amide bonds. The summed E-state index contributed by atoms with van der Waals surface area (Å²) in [6.45, 7) is 1.29. The number of sulfonamides is 1. The molecule has 0 radical (unpaired) electrons. The van der Waals surface area contributed by atoms with Crippen molar-refractivity contribution in [2.24, 2.45) is 0 Å². The summed E-state index contributed by atoms with van der Waals surface area (Å²) in [5, 5.41) is 0. The number of hydrogen-bond donors (Lipinski definition) is 1. The molecule has 0 aromatic heterocycles. The van der Waals surface area contributed by atoms with Crippen LogP contribution >= 0.6 is 11.6 Å². The molecule has 1 fully saturated rings. The second-order valence-corrected chi connectivity index (χ2v) is 6.69. The lowest BCUT2D eigenvalue weighted by Gasteiger charge is -2.22. The summed E-state index contributed by atoms with van der Waals surface area (Å²) in [7, 11) is -3.12. The molecule has 0 aromatic carbocycles. The van der Waals surface area contributed by atoms with E-state index in [2.05, 4.69) is 4.72 Å². The van der Waals surface area contributed by atoms with Crippen LogP contribution in [-0.2, 0) is 14.8 Å². The van der Waals surface area contributed by atoms with Crippen molar-refractivity contribution >= 4 is 21.6 Å². The molecule has 102 valence electrons. The van der Waals surface area contributed by atoms with Crippen LogP contribution in [0.1, 0.15) is 38.5 Å². The van der Waals surface area contributed by atoms with Crippen molar-refractivity contribution in [3.05, 3.63) is 0 Å². The number of nitrogens with one attached hydrogen (secondary N) is 1. The molecule has 0 saturated carbocycles. The van der Waals surface area contributed by atoms with Crippen LogP contribution in [0.25, 0.3) is 0 Å². The molecular formula is C11H22ClNO3S. The maximum Gasteiger partial charge on any atom is 0.211 e. The van der Waals surface area contributed by atoms with Crippen LogP contribution < -0.4 is 4.72 Å². The predicted molar refractivity (Wildman–Crippen MR) is 70.0 cm³/mol. The first-order chi connectivity index (χ1) is 8.14. The monoisotopic (exact) mass is 283 g/mol. The molecule has 1 rings (SSSR count). The Morgan fingerprint density at radius 2 is 2.12 bits per heavy atom. The van der Waals surface area contributed by atoms with Crippen molar-refractivity contribution in [2.75, 3.05) is 24.8 Å². The molecule has 4 nitrogen and oxygen atoms in total. The minimum absolute atomic E-state index is 0.172. The van der Waals surface area contributed by atoms with E-state index in [4.69, 9.17) is 16.3 Å². The SMILES string of the molecule is O=S(=O)(CCCCCl)NCCC1CCCCO1. The van der Waals surface area contributed by atoms with Gasteiger partial charge in [-0.1, -0.05) is 0 Å². The van der Waals surface area contributed by atoms with E-state index in [1.165, 1.54) is 6.42 Å². The number of halogens is 1. The molecule has 0 bridgehead atoms. The second kappa shape index (κ2) is 8.29. The molecule has 1 heterocycles. The Balaban J connectivity index is 2.11. The maximum atomic E-state index is 11.6. The summed E-state index contributed by atoms with van der Waals surface area (Å²) in [4.78, 5) is 0. The van der Waals surface area contributed by atoms with E-state index in [9.17, 15) is 8.42 Å². The average Bonchev–Trinajstić information content (AvgIpc) is 2.30. The molecule has 1 N–H and O–H groups in total. The molecule has 1 atom stereocenters. The highest BCUT2D eigenvalue weighted by Crippen LogP contribution is 2.14. The van der Waals surface area contributed by atoms with Crippen molar-refractivity contribution in [3.63, 3.8) is 0 Å². The number of hydrogen-bond acceptors (Lipinski definition) is 3. The number of alkyl halides is 1. The van der Waals surface area contributed by atoms with Gasteiger partial charge in [-0.25, -0.2) is 13.1 Å². The van der Waals surface area contributed by atoms with Crippen molar-refractivity contribution in [1.82, 2.24) is 4.72 Å². The quantitative estimate of drug-likeness (QED) is 0.547. The fourth-order valence-corrected chi connectivity index (χ4v) is 3.22. The van der Waals surface area contributed by atoms with Gasteiger partial charge in [0, 0.05) is 19.0 Å². The maximum absolute atomic E-state index is 11.6. The van der Waals surface area contributed by atoms with Gasteiger partial charge >= 0.3 is 0 Å². The molecule has 1 aliphatic heterocycles. The van der Waals surface area contributed by atoms with E-state index in [-0.39, 0.29) is 11.9 Å². The Bertz CT molecular complexity index is 289. The zero-order valence-electron chi connectivity index (χ0n) is 10.2. The topological polar surface area (TPSA) is 55.4 Å². The third kappa shape index (κ3) is 7.24. The van der Waals surface area contributed by atoms with Crippen LogP contribution in [0.15, 0.2) is 0 Å². The summed E-state index contributed by atoms with van der Waals surface area (Å²) < 4.78 is 31.3. The summed E-state index contributed by atoms with van der Waals surface area (Å²) in [6, 6.07) is 0. The van der Waals surface area contributed by atoms with Gasteiger partial charge in [-0.15, -0.1) is 11.6 Å². The highest BCUT2D eigenvalue weighted by Gasteiger charge is 2.15. The van der Waals surface area contributed by atoms with Crippen molar-refractivity contribution in [3.8, 4) is 0 Å². The number of ether oxygens (including phenoxy) is 1. The van der Waals surface area contributed by atoms with Crippen LogP contribution in [0.3, 0.4) is 0 Å². The highest BCUT2D eigenvalue weighted by atomic mass is 35.5. The lowest BCUT2D eigenvalue weighted by Crippen LogP contribution is -2.31. The number of rotatable bonds is 8. The Hall–Kier alpha value is 0.160. The van der Waals surface area contributed by atoms with Crippen LogP contribution in [0.4, 0.5) is 0 Å². The van der Waals surface area contributed by atoms with Gasteiger partial charge in [0.25, 0.3) is 0 Å². The standard InChI is InChI=1S/C11H22ClNO3S/c12-7-2-4-10-17(14,15)13-8-6-11-5-1-3-9-16-11/h11,13H,1-10H2. The normalized spacial score (nSPS) is 21.6. The van der Waals surface area contributed by atoms with Gasteiger partial charge in [0.1, 0.15) is 0 Å².